The van der Waals surface area contributed by atoms with Gasteiger partial charge in [0.2, 0.25) is 0 Å². The van der Waals surface area contributed by atoms with Gasteiger partial charge in [0.25, 0.3) is 0 Å². The van der Waals surface area contributed by atoms with Gasteiger partial charge in [0, 0.05) is 19.3 Å². The van der Waals surface area contributed by atoms with E-state index in [1.165, 1.54) is 5.56 Å². The lowest BCUT2D eigenvalue weighted by molar-refractivity contribution is 0.0584. The molecule has 2 N–H and O–H groups in total. The molecule has 3 heteroatoms. The number of rotatable bonds is 3. The summed E-state index contributed by atoms with van der Waals surface area (Å²) in [7, 11) is 1.67. The number of benzene rings is 1. The number of nitrogens with two attached hydrogens (primary N) is 1. The van der Waals surface area contributed by atoms with Crippen LogP contribution in [-0.2, 0) is 4.74 Å². The van der Waals surface area contributed by atoms with E-state index in [0.717, 1.165) is 31.8 Å². The molecule has 3 nitrogen and oxygen atoms in total. The minimum Gasteiger partial charge on any atom is -0.497 e. The second kappa shape index (κ2) is 5.32. The van der Waals surface area contributed by atoms with Crippen LogP contribution in [0.15, 0.2) is 24.3 Å². The molecule has 0 saturated carbocycles. The summed E-state index contributed by atoms with van der Waals surface area (Å²) in [6.07, 6.45) is 2.13. The van der Waals surface area contributed by atoms with Gasteiger partial charge >= 0.3 is 0 Å². The van der Waals surface area contributed by atoms with Crippen LogP contribution >= 0.6 is 0 Å². The van der Waals surface area contributed by atoms with E-state index in [2.05, 4.69) is 12.1 Å². The lowest BCUT2D eigenvalue weighted by atomic mass is 9.88. The normalized spacial score (nSPS) is 19.4. The van der Waals surface area contributed by atoms with E-state index >= 15 is 0 Å². The second-order valence-corrected chi connectivity index (χ2v) is 4.25. The summed E-state index contributed by atoms with van der Waals surface area (Å²) in [5.41, 5.74) is 7.45. The zero-order valence-corrected chi connectivity index (χ0v) is 9.69. The van der Waals surface area contributed by atoms with Crippen LogP contribution in [0.3, 0.4) is 0 Å². The Balaban J connectivity index is 2.04. The van der Waals surface area contributed by atoms with Gasteiger partial charge in [0.1, 0.15) is 5.75 Å². The first-order chi connectivity index (χ1) is 7.81. The zero-order chi connectivity index (χ0) is 11.4. The maximum Gasteiger partial charge on any atom is 0.118 e. The van der Waals surface area contributed by atoms with Gasteiger partial charge in [-0.2, -0.15) is 0 Å². The topological polar surface area (TPSA) is 44.5 Å². The molecule has 1 aliphatic rings. The molecule has 1 aromatic carbocycles. The lowest BCUT2D eigenvalue weighted by Crippen LogP contribution is -2.27. The summed E-state index contributed by atoms with van der Waals surface area (Å²) in [5, 5.41) is 0. The summed E-state index contributed by atoms with van der Waals surface area (Å²) in [5.74, 6) is 1.42. The van der Waals surface area contributed by atoms with Crippen molar-refractivity contribution < 1.29 is 9.47 Å². The van der Waals surface area contributed by atoms with E-state index in [-0.39, 0.29) is 6.04 Å². The summed E-state index contributed by atoms with van der Waals surface area (Å²) < 4.78 is 10.5. The predicted octanol–water partition coefficient (Wildman–Crippen LogP) is 2.12. The van der Waals surface area contributed by atoms with Crippen molar-refractivity contribution in [3.8, 4) is 5.75 Å². The third-order valence-electron chi connectivity index (χ3n) is 3.27. The van der Waals surface area contributed by atoms with E-state index < -0.39 is 0 Å². The Morgan fingerprint density at radius 2 is 1.88 bits per heavy atom. The molecule has 0 amide bonds. The molecule has 1 aliphatic heterocycles. The monoisotopic (exact) mass is 221 g/mol. The SMILES string of the molecule is COc1ccc([C@@H](N)C2CCOCC2)cc1. The van der Waals surface area contributed by atoms with Crippen LogP contribution in [0.2, 0.25) is 0 Å². The Morgan fingerprint density at radius 3 is 2.44 bits per heavy atom. The molecular weight excluding hydrogens is 202 g/mol. The van der Waals surface area contributed by atoms with Gasteiger partial charge in [0.15, 0.2) is 0 Å². The van der Waals surface area contributed by atoms with Crippen molar-refractivity contribution >= 4 is 0 Å². The van der Waals surface area contributed by atoms with Gasteiger partial charge in [-0.25, -0.2) is 0 Å². The van der Waals surface area contributed by atoms with Crippen LogP contribution in [0.4, 0.5) is 0 Å². The molecule has 1 saturated heterocycles. The average Bonchev–Trinajstić information content (AvgIpc) is 2.39. The van der Waals surface area contributed by atoms with E-state index in [9.17, 15) is 0 Å². The van der Waals surface area contributed by atoms with Gasteiger partial charge in [-0.1, -0.05) is 12.1 Å². The Hall–Kier alpha value is -1.06. The highest BCUT2D eigenvalue weighted by Crippen LogP contribution is 2.28. The predicted molar refractivity (Wildman–Crippen MR) is 63.5 cm³/mol. The van der Waals surface area contributed by atoms with E-state index in [1.807, 2.05) is 12.1 Å². The molecule has 0 unspecified atom stereocenters. The Morgan fingerprint density at radius 1 is 1.25 bits per heavy atom. The van der Waals surface area contributed by atoms with Crippen LogP contribution in [0, 0.1) is 5.92 Å². The molecule has 2 rings (SSSR count). The largest absolute Gasteiger partial charge is 0.497 e. The minimum absolute atomic E-state index is 0.120. The highest BCUT2D eigenvalue weighted by atomic mass is 16.5. The van der Waals surface area contributed by atoms with Crippen molar-refractivity contribution in [3.63, 3.8) is 0 Å². The highest BCUT2D eigenvalue weighted by molar-refractivity contribution is 5.29. The Labute approximate surface area is 96.5 Å². The summed E-state index contributed by atoms with van der Waals surface area (Å²) in [4.78, 5) is 0. The van der Waals surface area contributed by atoms with E-state index in [4.69, 9.17) is 15.2 Å². The Kier molecular flexibility index (Phi) is 3.80. The average molecular weight is 221 g/mol. The Bertz CT molecular complexity index is 317. The highest BCUT2D eigenvalue weighted by Gasteiger charge is 2.21. The summed E-state index contributed by atoms with van der Waals surface area (Å²) in [6, 6.07) is 8.16. The van der Waals surface area contributed by atoms with E-state index in [0.29, 0.717) is 5.92 Å². The van der Waals surface area contributed by atoms with Gasteiger partial charge in [-0.15, -0.1) is 0 Å². The smallest absolute Gasteiger partial charge is 0.118 e. The van der Waals surface area contributed by atoms with Gasteiger partial charge in [-0.3, -0.25) is 0 Å². The van der Waals surface area contributed by atoms with Crippen molar-refractivity contribution in [2.45, 2.75) is 18.9 Å². The third kappa shape index (κ3) is 2.54. The fourth-order valence-corrected chi connectivity index (χ4v) is 2.17. The molecular formula is C13H19NO2. The first kappa shape index (κ1) is 11.4. The molecule has 0 radical (unpaired) electrons. The quantitative estimate of drug-likeness (QED) is 0.850. The standard InChI is InChI=1S/C13H19NO2/c1-15-12-4-2-10(3-5-12)13(14)11-6-8-16-9-7-11/h2-5,11,13H,6-9,14H2,1H3/t13-/m1/s1. The van der Waals surface area contributed by atoms with Crippen molar-refractivity contribution in [1.82, 2.24) is 0 Å². The number of methoxy groups -OCH3 is 1. The summed E-state index contributed by atoms with van der Waals surface area (Å²) in [6.45, 7) is 1.68. The van der Waals surface area contributed by atoms with Crippen LogP contribution < -0.4 is 10.5 Å². The van der Waals surface area contributed by atoms with Crippen molar-refractivity contribution in [3.05, 3.63) is 29.8 Å². The maximum absolute atomic E-state index is 6.26. The van der Waals surface area contributed by atoms with Gasteiger partial charge in [0.05, 0.1) is 7.11 Å². The summed E-state index contributed by atoms with van der Waals surface area (Å²) >= 11 is 0. The van der Waals surface area contributed by atoms with Gasteiger partial charge < -0.3 is 15.2 Å². The zero-order valence-electron chi connectivity index (χ0n) is 9.69. The molecule has 0 bridgehead atoms. The first-order valence-electron chi connectivity index (χ1n) is 5.78. The van der Waals surface area contributed by atoms with Crippen molar-refractivity contribution in [1.29, 1.82) is 0 Å². The van der Waals surface area contributed by atoms with Crippen molar-refractivity contribution in [2.24, 2.45) is 11.7 Å². The number of hydrogen-bond donors (Lipinski definition) is 1. The van der Waals surface area contributed by atoms with E-state index in [1.54, 1.807) is 7.11 Å². The van der Waals surface area contributed by atoms with Crippen LogP contribution in [0.1, 0.15) is 24.4 Å². The minimum atomic E-state index is 0.120. The van der Waals surface area contributed by atoms with Crippen LogP contribution in [0.25, 0.3) is 0 Å². The molecule has 1 heterocycles. The molecule has 1 atom stereocenters. The number of ether oxygens (including phenoxy) is 2. The lowest BCUT2D eigenvalue weighted by Gasteiger charge is -2.27. The molecule has 88 valence electrons. The number of hydrogen-bond acceptors (Lipinski definition) is 3. The molecule has 1 aromatic rings. The first-order valence-corrected chi connectivity index (χ1v) is 5.78. The van der Waals surface area contributed by atoms with Crippen LogP contribution in [0.5, 0.6) is 5.75 Å². The van der Waals surface area contributed by atoms with Crippen LogP contribution in [-0.4, -0.2) is 20.3 Å². The molecule has 1 fully saturated rings. The van der Waals surface area contributed by atoms with Gasteiger partial charge in [-0.05, 0) is 36.5 Å². The molecule has 0 spiro atoms. The third-order valence-corrected chi connectivity index (χ3v) is 3.27. The molecule has 16 heavy (non-hydrogen) atoms. The second-order valence-electron chi connectivity index (χ2n) is 4.25. The fraction of sp³-hybridized carbons (Fsp3) is 0.538. The van der Waals surface area contributed by atoms with Crippen molar-refractivity contribution in [2.75, 3.05) is 20.3 Å². The molecule has 0 aromatic heterocycles. The fourth-order valence-electron chi connectivity index (χ4n) is 2.17. The molecule has 0 aliphatic carbocycles. The maximum atomic E-state index is 6.26.